The van der Waals surface area contributed by atoms with Crippen LogP contribution < -0.4 is 5.73 Å². The first-order valence-corrected chi connectivity index (χ1v) is 3.77. The van der Waals surface area contributed by atoms with E-state index in [2.05, 4.69) is 15.5 Å². The van der Waals surface area contributed by atoms with Crippen molar-refractivity contribution < 1.29 is 0 Å². The predicted molar refractivity (Wildman–Crippen MR) is 40.8 cm³/mol. The Morgan fingerprint density at radius 2 is 2.27 bits per heavy atom. The minimum Gasteiger partial charge on any atom is -0.330 e. The fraction of sp³-hybridized carbons (Fsp3) is 0.833. The topological polar surface area (TPSA) is 69.6 Å². The highest BCUT2D eigenvalue weighted by Crippen LogP contribution is 1.93. The summed E-state index contributed by atoms with van der Waals surface area (Å²) in [6, 6.07) is 0. The van der Waals surface area contributed by atoms with Crippen LogP contribution in [0, 0.1) is 6.92 Å². The molecule has 0 aliphatic rings. The molecule has 0 saturated heterocycles. The standard InChI is InChI=1S/C6H13N5/c1-6-8-9-10-11(6)5-3-2-4-7/h2-5,7H2,1H3. The molecule has 0 unspecified atom stereocenters. The van der Waals surface area contributed by atoms with E-state index in [0.29, 0.717) is 0 Å². The zero-order valence-electron chi connectivity index (χ0n) is 6.69. The normalized spacial score (nSPS) is 10.4. The first kappa shape index (κ1) is 8.13. The SMILES string of the molecule is Cc1nnnn1CCCCN. The zero-order valence-corrected chi connectivity index (χ0v) is 6.69. The Morgan fingerprint density at radius 3 is 2.82 bits per heavy atom. The van der Waals surface area contributed by atoms with Crippen LogP contribution in [0.25, 0.3) is 0 Å². The van der Waals surface area contributed by atoms with E-state index in [9.17, 15) is 0 Å². The van der Waals surface area contributed by atoms with Crippen molar-refractivity contribution in [1.82, 2.24) is 20.2 Å². The van der Waals surface area contributed by atoms with Crippen molar-refractivity contribution in [1.29, 1.82) is 0 Å². The lowest BCUT2D eigenvalue weighted by atomic mass is 10.3. The summed E-state index contributed by atoms with van der Waals surface area (Å²) < 4.78 is 1.79. The van der Waals surface area contributed by atoms with Crippen LogP contribution in [0.3, 0.4) is 0 Å². The molecule has 1 aromatic heterocycles. The molecule has 0 saturated carbocycles. The van der Waals surface area contributed by atoms with E-state index in [-0.39, 0.29) is 0 Å². The number of hydrogen-bond donors (Lipinski definition) is 1. The van der Waals surface area contributed by atoms with Crippen molar-refractivity contribution in [3.8, 4) is 0 Å². The molecule has 0 bridgehead atoms. The molecule has 5 nitrogen and oxygen atoms in total. The Morgan fingerprint density at radius 1 is 1.45 bits per heavy atom. The van der Waals surface area contributed by atoms with Crippen LogP contribution in [0.2, 0.25) is 0 Å². The fourth-order valence-electron chi connectivity index (χ4n) is 0.862. The Labute approximate surface area is 65.6 Å². The zero-order chi connectivity index (χ0) is 8.10. The molecule has 1 rings (SSSR count). The van der Waals surface area contributed by atoms with Gasteiger partial charge in [-0.2, -0.15) is 0 Å². The third-order valence-electron chi connectivity index (χ3n) is 1.53. The van der Waals surface area contributed by atoms with Gasteiger partial charge in [0.15, 0.2) is 0 Å². The summed E-state index contributed by atoms with van der Waals surface area (Å²) in [7, 11) is 0. The second kappa shape index (κ2) is 4.02. The van der Waals surface area contributed by atoms with Gasteiger partial charge in [0.2, 0.25) is 0 Å². The Bertz CT molecular complexity index is 206. The van der Waals surface area contributed by atoms with E-state index in [4.69, 9.17) is 5.73 Å². The highest BCUT2D eigenvalue weighted by Gasteiger charge is 1.97. The van der Waals surface area contributed by atoms with Crippen molar-refractivity contribution in [2.24, 2.45) is 5.73 Å². The van der Waals surface area contributed by atoms with Crippen molar-refractivity contribution in [2.45, 2.75) is 26.3 Å². The van der Waals surface area contributed by atoms with Gasteiger partial charge in [0.1, 0.15) is 5.82 Å². The van der Waals surface area contributed by atoms with Gasteiger partial charge in [-0.3, -0.25) is 0 Å². The first-order valence-electron chi connectivity index (χ1n) is 3.77. The third-order valence-corrected chi connectivity index (χ3v) is 1.53. The maximum atomic E-state index is 5.35. The molecule has 0 aromatic carbocycles. The van der Waals surface area contributed by atoms with Crippen molar-refractivity contribution in [3.05, 3.63) is 5.82 Å². The lowest BCUT2D eigenvalue weighted by Crippen LogP contribution is -2.05. The second-order valence-electron chi connectivity index (χ2n) is 2.45. The first-order chi connectivity index (χ1) is 5.34. The predicted octanol–water partition coefficient (Wildman–Crippen LogP) is -0.280. The lowest BCUT2D eigenvalue weighted by Gasteiger charge is -1.98. The molecule has 0 radical (unpaired) electrons. The van der Waals surface area contributed by atoms with Crippen molar-refractivity contribution >= 4 is 0 Å². The van der Waals surface area contributed by atoms with Gasteiger partial charge >= 0.3 is 0 Å². The third kappa shape index (κ3) is 2.27. The number of nitrogens with zero attached hydrogens (tertiary/aromatic N) is 4. The summed E-state index contributed by atoms with van der Waals surface area (Å²) in [5.74, 6) is 0.863. The second-order valence-corrected chi connectivity index (χ2v) is 2.45. The number of nitrogens with two attached hydrogens (primary N) is 1. The minimum atomic E-state index is 0.737. The van der Waals surface area contributed by atoms with Crippen LogP contribution in [0.5, 0.6) is 0 Å². The Hall–Kier alpha value is -0.970. The summed E-state index contributed by atoms with van der Waals surface area (Å²) in [5, 5.41) is 11.1. The van der Waals surface area contributed by atoms with Gasteiger partial charge in [-0.05, 0) is 36.7 Å². The molecule has 0 amide bonds. The molecule has 1 heterocycles. The molecule has 62 valence electrons. The van der Waals surface area contributed by atoms with Gasteiger partial charge in [0.25, 0.3) is 0 Å². The molecule has 1 aromatic rings. The highest BCUT2D eigenvalue weighted by molar-refractivity contribution is 4.72. The Kier molecular flexibility index (Phi) is 2.97. The van der Waals surface area contributed by atoms with E-state index in [1.165, 1.54) is 0 Å². The van der Waals surface area contributed by atoms with Crippen LogP contribution in [0.1, 0.15) is 18.7 Å². The average molecular weight is 155 g/mol. The van der Waals surface area contributed by atoms with Crippen LogP contribution >= 0.6 is 0 Å². The minimum absolute atomic E-state index is 0.737. The molecular formula is C6H13N5. The van der Waals surface area contributed by atoms with Gasteiger partial charge in [-0.25, -0.2) is 4.68 Å². The maximum absolute atomic E-state index is 5.35. The van der Waals surface area contributed by atoms with Crippen LogP contribution in [0.4, 0.5) is 0 Å². The lowest BCUT2D eigenvalue weighted by molar-refractivity contribution is 0.534. The van der Waals surface area contributed by atoms with Gasteiger partial charge in [-0.1, -0.05) is 0 Å². The van der Waals surface area contributed by atoms with Gasteiger partial charge in [0, 0.05) is 6.54 Å². The number of tetrazole rings is 1. The molecular weight excluding hydrogens is 142 g/mol. The molecule has 5 heteroatoms. The molecule has 0 spiro atoms. The molecule has 0 aliphatic heterocycles. The van der Waals surface area contributed by atoms with E-state index in [0.717, 1.165) is 31.8 Å². The van der Waals surface area contributed by atoms with E-state index >= 15 is 0 Å². The molecule has 2 N–H and O–H groups in total. The van der Waals surface area contributed by atoms with Crippen LogP contribution in [-0.2, 0) is 6.54 Å². The smallest absolute Gasteiger partial charge is 0.148 e. The molecule has 11 heavy (non-hydrogen) atoms. The monoisotopic (exact) mass is 155 g/mol. The van der Waals surface area contributed by atoms with Crippen LogP contribution in [-0.4, -0.2) is 26.8 Å². The fourth-order valence-corrected chi connectivity index (χ4v) is 0.862. The van der Waals surface area contributed by atoms with E-state index in [1.807, 2.05) is 6.92 Å². The van der Waals surface area contributed by atoms with Crippen LogP contribution in [0.15, 0.2) is 0 Å². The van der Waals surface area contributed by atoms with E-state index in [1.54, 1.807) is 4.68 Å². The quantitative estimate of drug-likeness (QED) is 0.607. The maximum Gasteiger partial charge on any atom is 0.148 e. The summed E-state index contributed by atoms with van der Waals surface area (Å²) in [6.45, 7) is 3.50. The van der Waals surface area contributed by atoms with Crippen molar-refractivity contribution in [2.75, 3.05) is 6.54 Å². The Balaban J connectivity index is 2.32. The number of aryl methyl sites for hydroxylation is 2. The summed E-state index contributed by atoms with van der Waals surface area (Å²) in [4.78, 5) is 0. The summed E-state index contributed by atoms with van der Waals surface area (Å²) in [5.41, 5.74) is 5.35. The molecule has 0 atom stereocenters. The van der Waals surface area contributed by atoms with Crippen molar-refractivity contribution in [3.63, 3.8) is 0 Å². The highest BCUT2D eigenvalue weighted by atomic mass is 15.5. The average Bonchev–Trinajstić information content (AvgIpc) is 2.37. The van der Waals surface area contributed by atoms with Gasteiger partial charge in [-0.15, -0.1) is 5.10 Å². The van der Waals surface area contributed by atoms with E-state index < -0.39 is 0 Å². The largest absolute Gasteiger partial charge is 0.330 e. The number of aromatic nitrogens is 4. The van der Waals surface area contributed by atoms with Gasteiger partial charge < -0.3 is 5.73 Å². The van der Waals surface area contributed by atoms with Gasteiger partial charge in [0.05, 0.1) is 0 Å². The summed E-state index contributed by atoms with van der Waals surface area (Å²) >= 11 is 0. The molecule has 0 aliphatic carbocycles. The number of rotatable bonds is 4. The number of unbranched alkanes of at least 4 members (excludes halogenated alkanes) is 1. The summed E-state index contributed by atoms with van der Waals surface area (Å²) in [6.07, 6.45) is 2.07. The molecule has 0 fully saturated rings. The number of hydrogen-bond acceptors (Lipinski definition) is 4.